The predicted molar refractivity (Wildman–Crippen MR) is 118 cm³/mol. The average molecular weight is 458 g/mol. The van der Waals surface area contributed by atoms with Crippen molar-refractivity contribution in [2.45, 2.75) is 37.6 Å². The van der Waals surface area contributed by atoms with Crippen LogP contribution in [0, 0.1) is 12.7 Å². The van der Waals surface area contributed by atoms with Crippen LogP contribution in [0.25, 0.3) is 0 Å². The van der Waals surface area contributed by atoms with Gasteiger partial charge in [0.05, 0.1) is 0 Å². The van der Waals surface area contributed by atoms with E-state index in [2.05, 4.69) is 20.8 Å². The van der Waals surface area contributed by atoms with Crippen LogP contribution in [0.4, 0.5) is 4.39 Å². The summed E-state index contributed by atoms with van der Waals surface area (Å²) in [6.07, 6.45) is 1.89. The first-order chi connectivity index (χ1) is 15.5. The molecular formula is C23H25ClFN5O2. The highest BCUT2D eigenvalue weighted by atomic mass is 35.5. The summed E-state index contributed by atoms with van der Waals surface area (Å²) in [6, 6.07) is 13.2. The van der Waals surface area contributed by atoms with E-state index in [9.17, 15) is 9.18 Å². The van der Waals surface area contributed by atoms with Gasteiger partial charge in [0.15, 0.2) is 0 Å². The zero-order valence-electron chi connectivity index (χ0n) is 17.8. The SMILES string of the molecule is Cc1nnnn1C(Cc1ccc(F)cc1)C(=O)NCC1(c2cccc(Cl)c2)CCOCC1. The molecule has 0 bridgehead atoms. The molecule has 1 aromatic heterocycles. The van der Waals surface area contributed by atoms with Crippen molar-refractivity contribution in [3.8, 4) is 0 Å². The molecule has 1 aliphatic rings. The number of aromatic nitrogens is 4. The van der Waals surface area contributed by atoms with E-state index >= 15 is 0 Å². The molecular weight excluding hydrogens is 433 g/mol. The number of benzene rings is 2. The number of carbonyl (C=O) groups excluding carboxylic acids is 1. The molecule has 1 saturated heterocycles. The number of nitrogens with one attached hydrogen (secondary N) is 1. The van der Waals surface area contributed by atoms with Crippen molar-refractivity contribution in [1.29, 1.82) is 0 Å². The topological polar surface area (TPSA) is 81.9 Å². The van der Waals surface area contributed by atoms with Gasteiger partial charge >= 0.3 is 0 Å². The number of nitrogens with zero attached hydrogens (tertiary/aromatic N) is 4. The Labute approximate surface area is 190 Å². The van der Waals surface area contributed by atoms with Gasteiger partial charge in [-0.05, 0) is 65.6 Å². The monoisotopic (exact) mass is 457 g/mol. The number of tetrazole rings is 1. The number of ether oxygens (including phenoxy) is 1. The maximum atomic E-state index is 13.4. The van der Waals surface area contributed by atoms with Crippen LogP contribution >= 0.6 is 11.6 Å². The third kappa shape index (κ3) is 4.97. The number of carbonyl (C=O) groups is 1. The maximum absolute atomic E-state index is 13.4. The average Bonchev–Trinajstić information content (AvgIpc) is 3.23. The van der Waals surface area contributed by atoms with Crippen LogP contribution in [-0.4, -0.2) is 45.9 Å². The van der Waals surface area contributed by atoms with Crippen LogP contribution in [0.2, 0.25) is 5.02 Å². The Morgan fingerprint density at radius 2 is 2.00 bits per heavy atom. The van der Waals surface area contributed by atoms with Crippen molar-refractivity contribution in [1.82, 2.24) is 25.5 Å². The maximum Gasteiger partial charge on any atom is 0.245 e. The second-order valence-electron chi connectivity index (χ2n) is 8.14. The summed E-state index contributed by atoms with van der Waals surface area (Å²) in [7, 11) is 0. The molecule has 2 heterocycles. The van der Waals surface area contributed by atoms with Gasteiger partial charge in [0.2, 0.25) is 5.91 Å². The van der Waals surface area contributed by atoms with Crippen molar-refractivity contribution in [3.05, 3.63) is 76.3 Å². The molecule has 7 nitrogen and oxygen atoms in total. The number of hydrogen-bond donors (Lipinski definition) is 1. The van der Waals surface area contributed by atoms with E-state index in [4.69, 9.17) is 16.3 Å². The van der Waals surface area contributed by atoms with Gasteiger partial charge in [-0.25, -0.2) is 9.07 Å². The molecule has 32 heavy (non-hydrogen) atoms. The molecule has 0 radical (unpaired) electrons. The lowest BCUT2D eigenvalue weighted by Gasteiger charge is -2.38. The van der Waals surface area contributed by atoms with Crippen molar-refractivity contribution < 1.29 is 13.9 Å². The molecule has 1 atom stereocenters. The Morgan fingerprint density at radius 1 is 1.25 bits per heavy atom. The largest absolute Gasteiger partial charge is 0.381 e. The normalized spacial score (nSPS) is 16.5. The Balaban J connectivity index is 1.56. The van der Waals surface area contributed by atoms with Crippen LogP contribution in [0.5, 0.6) is 0 Å². The predicted octanol–water partition coefficient (Wildman–Crippen LogP) is 3.42. The smallest absolute Gasteiger partial charge is 0.245 e. The van der Waals surface area contributed by atoms with Gasteiger partial charge < -0.3 is 10.1 Å². The minimum atomic E-state index is -0.660. The van der Waals surface area contributed by atoms with Gasteiger partial charge in [0.25, 0.3) is 0 Å². The summed E-state index contributed by atoms with van der Waals surface area (Å²) >= 11 is 6.25. The quantitative estimate of drug-likeness (QED) is 0.588. The Hall–Kier alpha value is -2.84. The summed E-state index contributed by atoms with van der Waals surface area (Å²) in [6.45, 7) is 3.43. The van der Waals surface area contributed by atoms with E-state index in [1.54, 1.807) is 19.1 Å². The van der Waals surface area contributed by atoms with Gasteiger partial charge in [0.1, 0.15) is 17.7 Å². The molecule has 2 aromatic carbocycles. The molecule has 1 N–H and O–H groups in total. The minimum Gasteiger partial charge on any atom is -0.381 e. The number of halogens is 2. The summed E-state index contributed by atoms with van der Waals surface area (Å²) in [4.78, 5) is 13.4. The lowest BCUT2D eigenvalue weighted by atomic mass is 9.74. The fourth-order valence-electron chi connectivity index (χ4n) is 4.18. The number of rotatable bonds is 7. The Morgan fingerprint density at radius 3 is 2.66 bits per heavy atom. The second kappa shape index (κ2) is 9.75. The van der Waals surface area contributed by atoms with Crippen molar-refractivity contribution in [2.75, 3.05) is 19.8 Å². The molecule has 168 valence electrons. The highest BCUT2D eigenvalue weighted by Gasteiger charge is 2.36. The summed E-state index contributed by atoms with van der Waals surface area (Å²) in [5.41, 5.74) is 1.63. The van der Waals surface area contributed by atoms with Crippen molar-refractivity contribution in [2.24, 2.45) is 0 Å². The van der Waals surface area contributed by atoms with Crippen LogP contribution in [0.15, 0.2) is 48.5 Å². The first-order valence-electron chi connectivity index (χ1n) is 10.6. The molecule has 9 heteroatoms. The van der Waals surface area contributed by atoms with Crippen LogP contribution in [-0.2, 0) is 21.4 Å². The second-order valence-corrected chi connectivity index (χ2v) is 8.57. The Kier molecular flexibility index (Phi) is 6.81. The fourth-order valence-corrected chi connectivity index (χ4v) is 4.37. The minimum absolute atomic E-state index is 0.197. The summed E-state index contributed by atoms with van der Waals surface area (Å²) in [5.74, 6) is 0.0110. The van der Waals surface area contributed by atoms with Crippen molar-refractivity contribution >= 4 is 17.5 Å². The van der Waals surface area contributed by atoms with Crippen LogP contribution in [0.1, 0.15) is 35.8 Å². The standard InChI is InChI=1S/C23H25ClFN5O2/c1-16-27-28-29-30(16)21(13-17-5-7-20(25)8-6-17)22(31)26-15-23(9-11-32-12-10-23)18-3-2-4-19(24)14-18/h2-8,14,21H,9-13,15H2,1H3,(H,26,31). The van der Waals surface area contributed by atoms with Gasteiger partial charge in [-0.3, -0.25) is 4.79 Å². The number of aryl methyl sites for hydroxylation is 1. The highest BCUT2D eigenvalue weighted by Crippen LogP contribution is 2.35. The third-order valence-corrected chi connectivity index (χ3v) is 6.32. The molecule has 0 spiro atoms. The van der Waals surface area contributed by atoms with E-state index in [1.807, 2.05) is 24.3 Å². The lowest BCUT2D eigenvalue weighted by molar-refractivity contribution is -0.125. The van der Waals surface area contributed by atoms with E-state index in [0.29, 0.717) is 37.0 Å². The summed E-state index contributed by atoms with van der Waals surface area (Å²) in [5, 5.41) is 15.4. The van der Waals surface area contributed by atoms with E-state index in [0.717, 1.165) is 24.0 Å². The zero-order chi connectivity index (χ0) is 22.6. The van der Waals surface area contributed by atoms with E-state index in [1.165, 1.54) is 16.8 Å². The number of hydrogen-bond acceptors (Lipinski definition) is 5. The Bertz CT molecular complexity index is 1070. The first kappa shape index (κ1) is 22.4. The molecule has 3 aromatic rings. The van der Waals surface area contributed by atoms with Crippen molar-refractivity contribution in [3.63, 3.8) is 0 Å². The molecule has 1 unspecified atom stereocenters. The molecule has 1 aliphatic heterocycles. The third-order valence-electron chi connectivity index (χ3n) is 6.09. The fraction of sp³-hybridized carbons (Fsp3) is 0.391. The zero-order valence-corrected chi connectivity index (χ0v) is 18.6. The molecule has 1 amide bonds. The molecule has 0 aliphatic carbocycles. The lowest BCUT2D eigenvalue weighted by Crippen LogP contribution is -2.46. The van der Waals surface area contributed by atoms with E-state index < -0.39 is 6.04 Å². The van der Waals surface area contributed by atoms with E-state index in [-0.39, 0.29) is 17.1 Å². The summed E-state index contributed by atoms with van der Waals surface area (Å²) < 4.78 is 20.4. The van der Waals surface area contributed by atoms with Gasteiger partial charge in [-0.2, -0.15) is 0 Å². The molecule has 4 rings (SSSR count). The van der Waals surface area contributed by atoms with Crippen LogP contribution < -0.4 is 5.32 Å². The van der Waals surface area contributed by atoms with Crippen LogP contribution in [0.3, 0.4) is 0 Å². The molecule has 0 saturated carbocycles. The number of amides is 1. The van der Waals surface area contributed by atoms with Gasteiger partial charge in [-0.1, -0.05) is 35.9 Å². The highest BCUT2D eigenvalue weighted by molar-refractivity contribution is 6.30. The molecule has 1 fully saturated rings. The first-order valence-corrected chi connectivity index (χ1v) is 11.0. The van der Waals surface area contributed by atoms with Gasteiger partial charge in [-0.15, -0.1) is 5.10 Å². The van der Waals surface area contributed by atoms with Gasteiger partial charge in [0, 0.05) is 36.6 Å².